The maximum atomic E-state index is 5.87. The largest absolute Gasteiger partial charge is 0.378 e. The van der Waals surface area contributed by atoms with Gasteiger partial charge in [0.2, 0.25) is 10.7 Å². The number of hydrogen-bond donors (Lipinski definition) is 0. The molecule has 1 unspecified atom stereocenters. The zero-order valence-electron chi connectivity index (χ0n) is 16.6. The minimum atomic E-state index is 0.435. The molecule has 1 aliphatic heterocycles. The van der Waals surface area contributed by atoms with Crippen LogP contribution in [0, 0.1) is 4.77 Å². The summed E-state index contributed by atoms with van der Waals surface area (Å²) >= 11 is 5.87. The third kappa shape index (κ3) is 3.40. The molecule has 6 nitrogen and oxygen atoms in total. The molecule has 1 saturated heterocycles. The summed E-state index contributed by atoms with van der Waals surface area (Å²) in [6.45, 7) is 4.05. The smallest absolute Gasteiger partial charge is 0.226 e. The van der Waals surface area contributed by atoms with Gasteiger partial charge in [-0.2, -0.15) is 0 Å². The van der Waals surface area contributed by atoms with Crippen LogP contribution < -0.4 is 4.90 Å². The van der Waals surface area contributed by atoms with Crippen LogP contribution in [0.1, 0.15) is 48.9 Å². The van der Waals surface area contributed by atoms with E-state index in [4.69, 9.17) is 22.1 Å². The molecular formula is C21H29N5OS. The summed E-state index contributed by atoms with van der Waals surface area (Å²) in [5.74, 6) is 1.04. The fourth-order valence-electron chi connectivity index (χ4n) is 4.63. The summed E-state index contributed by atoms with van der Waals surface area (Å²) in [6, 6.07) is 9.85. The summed E-state index contributed by atoms with van der Waals surface area (Å²) in [5.41, 5.74) is 2.96. The molecule has 1 atom stereocenters. The first-order valence-corrected chi connectivity index (χ1v) is 10.9. The van der Waals surface area contributed by atoms with Crippen LogP contribution in [-0.2, 0) is 17.8 Å². The molecule has 2 aliphatic carbocycles. The van der Waals surface area contributed by atoms with Crippen molar-refractivity contribution < 1.29 is 4.74 Å². The number of aromatic nitrogens is 3. The second-order valence-corrected chi connectivity index (χ2v) is 8.65. The lowest BCUT2D eigenvalue weighted by Gasteiger charge is -2.33. The molecule has 2 fully saturated rings. The van der Waals surface area contributed by atoms with Gasteiger partial charge in [0.25, 0.3) is 0 Å². The van der Waals surface area contributed by atoms with Crippen molar-refractivity contribution in [1.29, 1.82) is 0 Å². The molecule has 1 saturated carbocycles. The number of anilines is 1. The summed E-state index contributed by atoms with van der Waals surface area (Å²) in [7, 11) is 2.21. The molecule has 150 valence electrons. The molecule has 0 spiro atoms. The van der Waals surface area contributed by atoms with Gasteiger partial charge >= 0.3 is 0 Å². The quantitative estimate of drug-likeness (QED) is 0.719. The van der Waals surface area contributed by atoms with Crippen molar-refractivity contribution in [3.8, 4) is 0 Å². The molecule has 0 N–H and O–H groups in total. The van der Waals surface area contributed by atoms with E-state index >= 15 is 0 Å². The third-order valence-corrected chi connectivity index (χ3v) is 6.69. The Balaban J connectivity index is 1.42. The Bertz CT molecular complexity index is 896. The van der Waals surface area contributed by atoms with Crippen molar-refractivity contribution in [2.24, 2.45) is 0 Å². The van der Waals surface area contributed by atoms with Gasteiger partial charge in [0, 0.05) is 25.2 Å². The van der Waals surface area contributed by atoms with E-state index in [-0.39, 0.29) is 0 Å². The van der Waals surface area contributed by atoms with E-state index in [0.717, 1.165) is 43.7 Å². The first-order chi connectivity index (χ1) is 13.7. The average molecular weight is 400 g/mol. The maximum Gasteiger partial charge on any atom is 0.226 e. The number of benzene rings is 1. The molecule has 3 aliphatic rings. The minimum absolute atomic E-state index is 0.435. The van der Waals surface area contributed by atoms with Crippen LogP contribution in [0.25, 0.3) is 0 Å². The second kappa shape index (κ2) is 7.61. The van der Waals surface area contributed by atoms with Gasteiger partial charge in [0.05, 0.1) is 19.9 Å². The lowest BCUT2D eigenvalue weighted by atomic mass is 9.87. The van der Waals surface area contributed by atoms with Crippen molar-refractivity contribution in [2.45, 2.75) is 50.9 Å². The van der Waals surface area contributed by atoms with Crippen molar-refractivity contribution in [2.75, 3.05) is 38.3 Å². The van der Waals surface area contributed by atoms with Gasteiger partial charge in [-0.15, -0.1) is 5.10 Å². The van der Waals surface area contributed by atoms with E-state index in [0.29, 0.717) is 12.1 Å². The predicted octanol–water partition coefficient (Wildman–Crippen LogP) is 3.55. The summed E-state index contributed by atoms with van der Waals surface area (Å²) < 4.78 is 10.7. The van der Waals surface area contributed by atoms with E-state index in [2.05, 4.69) is 45.7 Å². The van der Waals surface area contributed by atoms with Gasteiger partial charge in [-0.05, 0) is 62.5 Å². The number of hydrogen-bond acceptors (Lipinski definition) is 5. The highest BCUT2D eigenvalue weighted by Gasteiger charge is 2.32. The van der Waals surface area contributed by atoms with E-state index < -0.39 is 0 Å². The fraction of sp³-hybridized carbons (Fsp3) is 0.619. The highest BCUT2D eigenvalue weighted by Crippen LogP contribution is 2.39. The number of nitrogens with zero attached hydrogens (tertiary/aromatic N) is 5. The Morgan fingerprint density at radius 1 is 1.18 bits per heavy atom. The standard InChI is InChI=1S/C21H29N5OS/c1-23(19-8-4-6-16-5-2-3-7-18(16)19)15-25-21(28)26(17-9-10-17)20(22-25)24-11-13-27-14-12-24/h2-3,5,7,17,19H,4,6,8-15H2,1H3. The van der Waals surface area contributed by atoms with Crippen LogP contribution in [0.3, 0.4) is 0 Å². The van der Waals surface area contributed by atoms with Crippen LogP contribution in [0.2, 0.25) is 0 Å². The Hall–Kier alpha value is -1.70. The first-order valence-electron chi connectivity index (χ1n) is 10.5. The maximum absolute atomic E-state index is 5.87. The van der Waals surface area contributed by atoms with E-state index in [1.165, 1.54) is 43.2 Å². The third-order valence-electron chi connectivity index (χ3n) is 6.29. The Morgan fingerprint density at radius 3 is 2.75 bits per heavy atom. The van der Waals surface area contributed by atoms with Crippen LogP contribution in [0.15, 0.2) is 24.3 Å². The fourth-order valence-corrected chi connectivity index (χ4v) is 4.96. The van der Waals surface area contributed by atoms with Gasteiger partial charge in [-0.3, -0.25) is 9.47 Å². The summed E-state index contributed by atoms with van der Waals surface area (Å²) in [5, 5.41) is 4.99. The summed E-state index contributed by atoms with van der Waals surface area (Å²) in [6.07, 6.45) is 6.05. The lowest BCUT2D eigenvalue weighted by Crippen LogP contribution is -2.38. The van der Waals surface area contributed by atoms with Crippen LogP contribution in [0.4, 0.5) is 5.95 Å². The number of ether oxygens (including phenoxy) is 1. The topological polar surface area (TPSA) is 38.5 Å². The molecule has 7 heteroatoms. The van der Waals surface area contributed by atoms with E-state index in [1.54, 1.807) is 0 Å². The van der Waals surface area contributed by atoms with Crippen molar-refractivity contribution in [1.82, 2.24) is 19.2 Å². The average Bonchev–Trinajstić information content (AvgIpc) is 3.52. The molecule has 0 bridgehead atoms. The van der Waals surface area contributed by atoms with E-state index in [9.17, 15) is 0 Å². The van der Waals surface area contributed by atoms with Crippen LogP contribution in [0.5, 0.6) is 0 Å². The highest BCUT2D eigenvalue weighted by molar-refractivity contribution is 7.71. The molecule has 2 heterocycles. The summed E-state index contributed by atoms with van der Waals surface area (Å²) in [4.78, 5) is 4.76. The lowest BCUT2D eigenvalue weighted by molar-refractivity contribution is 0.121. The number of rotatable bonds is 5. The Morgan fingerprint density at radius 2 is 1.96 bits per heavy atom. The van der Waals surface area contributed by atoms with Crippen molar-refractivity contribution >= 4 is 18.2 Å². The number of fused-ring (bicyclic) bond motifs is 1. The number of morpholine rings is 1. The SMILES string of the molecule is CN(Cn1nc(N2CCOCC2)n(C2CC2)c1=S)C1CCCc2ccccc21. The molecule has 1 aromatic heterocycles. The molecule has 28 heavy (non-hydrogen) atoms. The van der Waals surface area contributed by atoms with Crippen LogP contribution in [-0.4, -0.2) is 52.6 Å². The van der Waals surface area contributed by atoms with Gasteiger partial charge in [-0.25, -0.2) is 4.68 Å². The molecule has 5 rings (SSSR count). The Kier molecular flexibility index (Phi) is 4.99. The predicted molar refractivity (Wildman–Crippen MR) is 112 cm³/mol. The highest BCUT2D eigenvalue weighted by atomic mass is 32.1. The first kappa shape index (κ1) is 18.3. The normalized spacial score (nSPS) is 22.5. The van der Waals surface area contributed by atoms with Crippen molar-refractivity contribution in [3.05, 3.63) is 40.2 Å². The second-order valence-electron chi connectivity index (χ2n) is 8.29. The van der Waals surface area contributed by atoms with Crippen molar-refractivity contribution in [3.63, 3.8) is 0 Å². The van der Waals surface area contributed by atoms with Gasteiger partial charge < -0.3 is 9.64 Å². The zero-order chi connectivity index (χ0) is 19.1. The van der Waals surface area contributed by atoms with Crippen LogP contribution >= 0.6 is 12.2 Å². The van der Waals surface area contributed by atoms with E-state index in [1.807, 2.05) is 4.68 Å². The minimum Gasteiger partial charge on any atom is -0.378 e. The zero-order valence-corrected chi connectivity index (χ0v) is 17.4. The monoisotopic (exact) mass is 399 g/mol. The molecule has 0 radical (unpaired) electrons. The molecule has 1 aromatic carbocycles. The Labute approximate surface area is 171 Å². The number of aryl methyl sites for hydroxylation is 1. The molecular weight excluding hydrogens is 370 g/mol. The van der Waals surface area contributed by atoms with Gasteiger partial charge in [-0.1, -0.05) is 24.3 Å². The molecule has 2 aromatic rings. The van der Waals surface area contributed by atoms with Gasteiger partial charge in [0.15, 0.2) is 0 Å². The van der Waals surface area contributed by atoms with Gasteiger partial charge in [0.1, 0.15) is 0 Å². The molecule has 0 amide bonds.